The molecule has 0 aliphatic carbocycles. The van der Waals surface area contributed by atoms with Crippen LogP contribution in [0.3, 0.4) is 0 Å². The highest BCUT2D eigenvalue weighted by Gasteiger charge is 2.24. The van der Waals surface area contributed by atoms with Crippen molar-refractivity contribution in [2.75, 3.05) is 24.5 Å². The van der Waals surface area contributed by atoms with Crippen molar-refractivity contribution in [3.8, 4) is 0 Å². The highest BCUT2D eigenvalue weighted by Crippen LogP contribution is 2.38. The van der Waals surface area contributed by atoms with Gasteiger partial charge in [0.15, 0.2) is 0 Å². The van der Waals surface area contributed by atoms with Crippen LogP contribution in [0.1, 0.15) is 27.2 Å². The van der Waals surface area contributed by atoms with Gasteiger partial charge >= 0.3 is 0 Å². The van der Waals surface area contributed by atoms with Crippen LogP contribution < -0.4 is 10.6 Å². The molecule has 0 saturated carbocycles. The van der Waals surface area contributed by atoms with E-state index in [0.717, 1.165) is 13.0 Å². The molecule has 0 heterocycles. The van der Waals surface area contributed by atoms with Crippen molar-refractivity contribution >= 4 is 34.6 Å². The first-order chi connectivity index (χ1) is 9.71. The number of nitro benzene ring substituents is 1. The summed E-state index contributed by atoms with van der Waals surface area (Å²) in [5, 5.41) is 11.4. The molecule has 0 aromatic heterocycles. The number of nitrogens with two attached hydrogens (primary N) is 1. The van der Waals surface area contributed by atoms with Crippen molar-refractivity contribution in [2.45, 2.75) is 27.2 Å². The molecule has 1 aromatic rings. The molecule has 0 saturated heterocycles. The molecule has 7 heteroatoms. The van der Waals surface area contributed by atoms with E-state index < -0.39 is 4.92 Å². The van der Waals surface area contributed by atoms with E-state index in [2.05, 4.69) is 20.8 Å². The Hall–Kier alpha value is -1.04. The van der Waals surface area contributed by atoms with Gasteiger partial charge in [-0.05, 0) is 18.4 Å². The molecule has 5 nitrogen and oxygen atoms in total. The molecule has 0 amide bonds. The minimum atomic E-state index is -0.504. The summed E-state index contributed by atoms with van der Waals surface area (Å²) in [5.41, 5.74) is 6.20. The zero-order chi connectivity index (χ0) is 16.2. The van der Waals surface area contributed by atoms with Crippen LogP contribution in [0.25, 0.3) is 0 Å². The highest BCUT2D eigenvalue weighted by molar-refractivity contribution is 6.39. The van der Waals surface area contributed by atoms with Gasteiger partial charge in [-0.15, -0.1) is 0 Å². The molecular weight excluding hydrogens is 313 g/mol. The largest absolute Gasteiger partial charge is 0.369 e. The lowest BCUT2D eigenvalue weighted by molar-refractivity contribution is -0.384. The van der Waals surface area contributed by atoms with Gasteiger partial charge in [0.05, 0.1) is 20.7 Å². The van der Waals surface area contributed by atoms with E-state index in [0.29, 0.717) is 18.8 Å². The third kappa shape index (κ3) is 4.73. The summed E-state index contributed by atoms with van der Waals surface area (Å²) >= 11 is 12.4. The van der Waals surface area contributed by atoms with Gasteiger partial charge in [0.2, 0.25) is 0 Å². The normalized spacial score (nSPS) is 11.5. The number of halogens is 2. The Kier molecular flexibility index (Phi) is 6.25. The maximum absolute atomic E-state index is 10.8. The Labute approximate surface area is 135 Å². The van der Waals surface area contributed by atoms with Gasteiger partial charge in [0, 0.05) is 25.2 Å². The van der Waals surface area contributed by atoms with Gasteiger partial charge < -0.3 is 10.6 Å². The Morgan fingerprint density at radius 2 is 1.86 bits per heavy atom. The van der Waals surface area contributed by atoms with Crippen molar-refractivity contribution in [2.24, 2.45) is 11.1 Å². The predicted molar refractivity (Wildman–Crippen MR) is 88.5 cm³/mol. The molecule has 0 fully saturated rings. The van der Waals surface area contributed by atoms with E-state index in [1.165, 1.54) is 12.1 Å². The number of nitro groups is 1. The first kappa shape index (κ1) is 18.0. The van der Waals surface area contributed by atoms with Gasteiger partial charge in [-0.1, -0.05) is 44.0 Å². The van der Waals surface area contributed by atoms with Crippen LogP contribution in [-0.2, 0) is 0 Å². The zero-order valence-corrected chi connectivity index (χ0v) is 14.0. The van der Waals surface area contributed by atoms with E-state index in [9.17, 15) is 10.1 Å². The summed E-state index contributed by atoms with van der Waals surface area (Å²) in [5.74, 6) is 0. The lowest BCUT2D eigenvalue weighted by Gasteiger charge is -2.34. The predicted octanol–water partition coefficient (Wildman–Crippen LogP) is 4.10. The van der Waals surface area contributed by atoms with Crippen LogP contribution in [0.5, 0.6) is 0 Å². The van der Waals surface area contributed by atoms with Crippen LogP contribution in [-0.4, -0.2) is 24.6 Å². The molecular formula is C14H21Cl2N3O2. The van der Waals surface area contributed by atoms with Crippen LogP contribution >= 0.6 is 23.2 Å². The number of benzene rings is 1. The Morgan fingerprint density at radius 3 is 2.24 bits per heavy atom. The third-order valence-corrected chi connectivity index (χ3v) is 3.77. The monoisotopic (exact) mass is 333 g/mol. The highest BCUT2D eigenvalue weighted by atomic mass is 35.5. The number of non-ortho nitro benzene ring substituents is 1. The lowest BCUT2D eigenvalue weighted by Crippen LogP contribution is -2.39. The summed E-state index contributed by atoms with van der Waals surface area (Å²) in [7, 11) is 0. The summed E-state index contributed by atoms with van der Waals surface area (Å²) in [6, 6.07) is 2.67. The summed E-state index contributed by atoms with van der Waals surface area (Å²) in [4.78, 5) is 12.4. The van der Waals surface area contributed by atoms with Crippen LogP contribution in [0.15, 0.2) is 12.1 Å². The van der Waals surface area contributed by atoms with Gasteiger partial charge in [0.25, 0.3) is 5.69 Å². The number of nitrogens with zero attached hydrogens (tertiary/aromatic N) is 2. The molecule has 0 aliphatic rings. The molecule has 118 valence electrons. The molecule has 0 radical (unpaired) electrons. The fourth-order valence-corrected chi connectivity index (χ4v) is 2.80. The van der Waals surface area contributed by atoms with Gasteiger partial charge in [-0.25, -0.2) is 0 Å². The average molecular weight is 334 g/mol. The van der Waals surface area contributed by atoms with Gasteiger partial charge in [0.1, 0.15) is 0 Å². The molecule has 0 unspecified atom stereocenters. The van der Waals surface area contributed by atoms with Crippen molar-refractivity contribution in [3.05, 3.63) is 32.3 Å². The second kappa shape index (κ2) is 7.29. The van der Waals surface area contributed by atoms with E-state index >= 15 is 0 Å². The van der Waals surface area contributed by atoms with E-state index in [1.54, 1.807) is 0 Å². The van der Waals surface area contributed by atoms with Crippen molar-refractivity contribution in [1.29, 1.82) is 0 Å². The fraction of sp³-hybridized carbons (Fsp3) is 0.571. The van der Waals surface area contributed by atoms with Gasteiger partial charge in [-0.3, -0.25) is 10.1 Å². The van der Waals surface area contributed by atoms with Crippen LogP contribution in [0, 0.1) is 15.5 Å². The number of rotatable bonds is 7. The number of anilines is 1. The van der Waals surface area contributed by atoms with Crippen molar-refractivity contribution < 1.29 is 4.92 Å². The fourth-order valence-electron chi connectivity index (χ4n) is 2.08. The smallest absolute Gasteiger partial charge is 0.272 e. The van der Waals surface area contributed by atoms with Gasteiger partial charge in [-0.2, -0.15) is 0 Å². The minimum absolute atomic E-state index is 0.108. The second-order valence-electron chi connectivity index (χ2n) is 5.81. The number of hydrogen-bond donors (Lipinski definition) is 1. The molecule has 0 bridgehead atoms. The topological polar surface area (TPSA) is 72.4 Å². The number of hydrogen-bond acceptors (Lipinski definition) is 4. The van der Waals surface area contributed by atoms with E-state index in [1.807, 2.05) is 4.90 Å². The zero-order valence-electron chi connectivity index (χ0n) is 12.5. The maximum atomic E-state index is 10.8. The quantitative estimate of drug-likeness (QED) is 0.602. The van der Waals surface area contributed by atoms with E-state index in [-0.39, 0.29) is 21.1 Å². The first-order valence-corrected chi connectivity index (χ1v) is 7.56. The molecule has 0 aliphatic heterocycles. The molecule has 0 atom stereocenters. The Balaban J connectivity index is 3.22. The van der Waals surface area contributed by atoms with Crippen LogP contribution in [0.2, 0.25) is 10.0 Å². The van der Waals surface area contributed by atoms with Crippen LogP contribution in [0.4, 0.5) is 11.4 Å². The summed E-state index contributed by atoms with van der Waals surface area (Å²) in [6.07, 6.45) is 0.907. The maximum Gasteiger partial charge on any atom is 0.272 e. The average Bonchev–Trinajstić information content (AvgIpc) is 2.37. The lowest BCUT2D eigenvalue weighted by atomic mass is 9.92. The SMILES string of the molecule is CCCN(CC(C)(C)CN)c1c(Cl)cc([N+](=O)[O-])cc1Cl. The third-order valence-electron chi connectivity index (χ3n) is 3.19. The second-order valence-corrected chi connectivity index (χ2v) is 6.62. The molecule has 21 heavy (non-hydrogen) atoms. The molecule has 1 rings (SSSR count). The molecule has 2 N–H and O–H groups in total. The molecule has 0 spiro atoms. The summed E-state index contributed by atoms with van der Waals surface area (Å²) < 4.78 is 0. The molecule has 1 aromatic carbocycles. The minimum Gasteiger partial charge on any atom is -0.369 e. The van der Waals surface area contributed by atoms with Crippen molar-refractivity contribution in [3.63, 3.8) is 0 Å². The summed E-state index contributed by atoms with van der Waals surface area (Å²) in [6.45, 7) is 8.12. The standard InChI is InChI=1S/C14H21Cl2N3O2/c1-4-5-18(9-14(2,3)8-17)13-11(15)6-10(19(20)21)7-12(13)16/h6-7H,4-5,8-9,17H2,1-3H3. The Bertz CT molecular complexity index is 498. The van der Waals surface area contributed by atoms with E-state index in [4.69, 9.17) is 28.9 Å². The Morgan fingerprint density at radius 1 is 1.33 bits per heavy atom. The van der Waals surface area contributed by atoms with Crippen molar-refractivity contribution in [1.82, 2.24) is 0 Å². The first-order valence-electron chi connectivity index (χ1n) is 6.80.